The van der Waals surface area contributed by atoms with Gasteiger partial charge in [0.25, 0.3) is 0 Å². The van der Waals surface area contributed by atoms with Gasteiger partial charge in [-0.3, -0.25) is 4.79 Å². The first-order valence-electron chi connectivity index (χ1n) is 5.73. The van der Waals surface area contributed by atoms with E-state index in [1.807, 2.05) is 49.1 Å². The Morgan fingerprint density at radius 3 is 2.53 bits per heavy atom. The van der Waals surface area contributed by atoms with Crippen LogP contribution in [0.15, 0.2) is 47.4 Å². The van der Waals surface area contributed by atoms with E-state index in [2.05, 4.69) is 6.58 Å². The van der Waals surface area contributed by atoms with Crippen molar-refractivity contribution in [3.63, 3.8) is 0 Å². The van der Waals surface area contributed by atoms with Gasteiger partial charge < -0.3 is 4.90 Å². The largest absolute Gasteiger partial charge is 0.338 e. The van der Waals surface area contributed by atoms with Gasteiger partial charge >= 0.3 is 0 Å². The average Bonchev–Trinajstić information content (AvgIpc) is 2.34. The molecule has 0 radical (unpaired) electrons. The highest BCUT2D eigenvalue weighted by molar-refractivity contribution is 8.00. The first-order valence-corrected chi connectivity index (χ1v) is 6.72. The molecule has 3 heteroatoms. The van der Waals surface area contributed by atoms with Gasteiger partial charge in [-0.2, -0.15) is 0 Å². The summed E-state index contributed by atoms with van der Waals surface area (Å²) < 4.78 is 0. The van der Waals surface area contributed by atoms with Crippen LogP contribution >= 0.6 is 11.8 Å². The Morgan fingerprint density at radius 2 is 2.00 bits per heavy atom. The SMILES string of the molecule is C=C(C)CN(CC)C(=O)CSc1ccccc1. The molecule has 0 bridgehead atoms. The molecule has 0 saturated heterocycles. The number of benzene rings is 1. The molecule has 0 heterocycles. The monoisotopic (exact) mass is 249 g/mol. The second kappa shape index (κ2) is 7.17. The van der Waals surface area contributed by atoms with Crippen molar-refractivity contribution in [2.75, 3.05) is 18.8 Å². The van der Waals surface area contributed by atoms with E-state index >= 15 is 0 Å². The van der Waals surface area contributed by atoms with Crippen LogP contribution < -0.4 is 0 Å². The molecule has 92 valence electrons. The minimum Gasteiger partial charge on any atom is -0.338 e. The van der Waals surface area contributed by atoms with Gasteiger partial charge in [-0.25, -0.2) is 0 Å². The maximum absolute atomic E-state index is 11.9. The van der Waals surface area contributed by atoms with Crippen LogP contribution in [0.5, 0.6) is 0 Å². The molecule has 0 aliphatic rings. The van der Waals surface area contributed by atoms with Gasteiger partial charge in [0.2, 0.25) is 5.91 Å². The predicted octanol–water partition coefficient (Wildman–Crippen LogP) is 3.20. The van der Waals surface area contributed by atoms with Crippen molar-refractivity contribution < 1.29 is 4.79 Å². The van der Waals surface area contributed by atoms with Gasteiger partial charge in [0, 0.05) is 18.0 Å². The molecule has 0 atom stereocenters. The van der Waals surface area contributed by atoms with Gasteiger partial charge in [-0.1, -0.05) is 30.4 Å². The van der Waals surface area contributed by atoms with Crippen molar-refractivity contribution in [1.29, 1.82) is 0 Å². The highest BCUT2D eigenvalue weighted by Gasteiger charge is 2.11. The van der Waals surface area contributed by atoms with E-state index in [1.54, 1.807) is 11.8 Å². The minimum atomic E-state index is 0.171. The molecular weight excluding hydrogens is 230 g/mol. The van der Waals surface area contributed by atoms with Gasteiger partial charge in [-0.05, 0) is 26.0 Å². The highest BCUT2D eigenvalue weighted by atomic mass is 32.2. The van der Waals surface area contributed by atoms with Crippen LogP contribution in [0, 0.1) is 0 Å². The molecule has 1 rings (SSSR count). The molecular formula is C14H19NOS. The van der Waals surface area contributed by atoms with Gasteiger partial charge in [0.15, 0.2) is 0 Å². The van der Waals surface area contributed by atoms with E-state index in [4.69, 9.17) is 0 Å². The van der Waals surface area contributed by atoms with Crippen molar-refractivity contribution >= 4 is 17.7 Å². The van der Waals surface area contributed by atoms with Crippen LogP contribution in [0.3, 0.4) is 0 Å². The maximum atomic E-state index is 11.9. The fraction of sp³-hybridized carbons (Fsp3) is 0.357. The molecule has 0 fully saturated rings. The smallest absolute Gasteiger partial charge is 0.233 e. The average molecular weight is 249 g/mol. The normalized spacial score (nSPS) is 10.0. The Balaban J connectivity index is 2.45. The summed E-state index contributed by atoms with van der Waals surface area (Å²) in [6.07, 6.45) is 0. The van der Waals surface area contributed by atoms with Gasteiger partial charge in [0.05, 0.1) is 5.75 Å². The molecule has 1 aromatic rings. The predicted molar refractivity (Wildman–Crippen MR) is 74.2 cm³/mol. The van der Waals surface area contributed by atoms with E-state index in [-0.39, 0.29) is 5.91 Å². The molecule has 2 nitrogen and oxygen atoms in total. The van der Waals surface area contributed by atoms with Gasteiger partial charge in [0.1, 0.15) is 0 Å². The van der Waals surface area contributed by atoms with E-state index in [0.29, 0.717) is 12.3 Å². The van der Waals surface area contributed by atoms with Crippen molar-refractivity contribution in [2.24, 2.45) is 0 Å². The Bertz CT molecular complexity index is 375. The van der Waals surface area contributed by atoms with Crippen molar-refractivity contribution in [2.45, 2.75) is 18.7 Å². The summed E-state index contributed by atoms with van der Waals surface area (Å²) in [5.41, 5.74) is 1.02. The topological polar surface area (TPSA) is 20.3 Å². The molecule has 17 heavy (non-hydrogen) atoms. The van der Waals surface area contributed by atoms with Crippen LogP contribution in [-0.2, 0) is 4.79 Å². The molecule has 0 N–H and O–H groups in total. The lowest BCUT2D eigenvalue weighted by molar-refractivity contribution is -0.127. The Labute approximate surface area is 108 Å². The van der Waals surface area contributed by atoms with Crippen molar-refractivity contribution in [1.82, 2.24) is 4.90 Å². The summed E-state index contributed by atoms with van der Waals surface area (Å²) >= 11 is 1.58. The van der Waals surface area contributed by atoms with Crippen LogP contribution in [0.4, 0.5) is 0 Å². The van der Waals surface area contributed by atoms with Crippen LogP contribution in [0.2, 0.25) is 0 Å². The zero-order chi connectivity index (χ0) is 12.7. The molecule has 0 aliphatic carbocycles. The lowest BCUT2D eigenvalue weighted by atomic mass is 10.3. The van der Waals surface area contributed by atoms with Crippen molar-refractivity contribution in [3.8, 4) is 0 Å². The molecule has 1 aromatic carbocycles. The van der Waals surface area contributed by atoms with Crippen LogP contribution in [0.1, 0.15) is 13.8 Å². The zero-order valence-electron chi connectivity index (χ0n) is 10.5. The van der Waals surface area contributed by atoms with Crippen molar-refractivity contribution in [3.05, 3.63) is 42.5 Å². The zero-order valence-corrected chi connectivity index (χ0v) is 11.3. The van der Waals surface area contributed by atoms with Gasteiger partial charge in [-0.15, -0.1) is 11.8 Å². The summed E-state index contributed by atoms with van der Waals surface area (Å²) in [6, 6.07) is 9.99. The Kier molecular flexibility index (Phi) is 5.84. The van der Waals surface area contributed by atoms with E-state index in [1.165, 1.54) is 0 Å². The third-order valence-corrected chi connectivity index (χ3v) is 3.30. The fourth-order valence-corrected chi connectivity index (χ4v) is 2.28. The summed E-state index contributed by atoms with van der Waals surface area (Å²) in [7, 11) is 0. The quantitative estimate of drug-likeness (QED) is 0.570. The number of thioether (sulfide) groups is 1. The lowest BCUT2D eigenvalue weighted by Crippen LogP contribution is -2.33. The Hall–Kier alpha value is -1.22. The van der Waals surface area contributed by atoms with Crippen LogP contribution in [0.25, 0.3) is 0 Å². The number of carbonyl (C=O) groups is 1. The number of carbonyl (C=O) groups excluding carboxylic acids is 1. The van der Waals surface area contributed by atoms with Crippen LogP contribution in [-0.4, -0.2) is 29.6 Å². The number of nitrogens with zero attached hydrogens (tertiary/aromatic N) is 1. The second-order valence-corrected chi connectivity index (χ2v) is 5.02. The number of amides is 1. The lowest BCUT2D eigenvalue weighted by Gasteiger charge is -2.20. The highest BCUT2D eigenvalue weighted by Crippen LogP contribution is 2.17. The van der Waals surface area contributed by atoms with E-state index < -0.39 is 0 Å². The fourth-order valence-electron chi connectivity index (χ4n) is 1.46. The summed E-state index contributed by atoms with van der Waals surface area (Å²) in [5, 5.41) is 0. The van der Waals surface area contributed by atoms with E-state index in [0.717, 1.165) is 17.0 Å². The summed E-state index contributed by atoms with van der Waals surface area (Å²) in [6.45, 7) is 9.18. The molecule has 0 spiro atoms. The first-order chi connectivity index (χ1) is 8.13. The minimum absolute atomic E-state index is 0.171. The molecule has 0 aromatic heterocycles. The number of likely N-dealkylation sites (N-methyl/N-ethyl adjacent to an activating group) is 1. The third-order valence-electron chi connectivity index (χ3n) is 2.30. The first kappa shape index (κ1) is 13.8. The molecule has 0 unspecified atom stereocenters. The third kappa shape index (κ3) is 5.09. The maximum Gasteiger partial charge on any atom is 0.233 e. The number of hydrogen-bond acceptors (Lipinski definition) is 2. The molecule has 0 aliphatic heterocycles. The molecule has 1 amide bonds. The summed E-state index contributed by atoms with van der Waals surface area (Å²) in [5.74, 6) is 0.662. The standard InChI is InChI=1S/C14H19NOS/c1-4-15(10-12(2)3)14(16)11-17-13-8-6-5-7-9-13/h5-9H,2,4,10-11H2,1,3H3. The summed E-state index contributed by atoms with van der Waals surface area (Å²) in [4.78, 5) is 14.9. The number of hydrogen-bond donors (Lipinski definition) is 0. The Morgan fingerprint density at radius 1 is 1.35 bits per heavy atom. The number of rotatable bonds is 6. The second-order valence-electron chi connectivity index (χ2n) is 3.97. The van der Waals surface area contributed by atoms with E-state index in [9.17, 15) is 4.79 Å². The molecule has 0 saturated carbocycles.